The molecule has 0 atom stereocenters. The van der Waals surface area contributed by atoms with Gasteiger partial charge in [-0.2, -0.15) is 26.3 Å². The Morgan fingerprint density at radius 1 is 0.644 bits per heavy atom. The third-order valence-electron chi connectivity index (χ3n) is 6.94. The molecule has 45 heavy (non-hydrogen) atoms. The molecule has 11 heteroatoms. The first-order valence-electron chi connectivity index (χ1n) is 14.9. The van der Waals surface area contributed by atoms with E-state index in [2.05, 4.69) is 11.7 Å². The molecule has 0 bridgehead atoms. The minimum atomic E-state index is -5.69. The van der Waals surface area contributed by atoms with Gasteiger partial charge in [-0.3, -0.25) is 0 Å². The highest BCUT2D eigenvalue weighted by Crippen LogP contribution is 2.46. The number of esters is 1. The van der Waals surface area contributed by atoms with E-state index in [1.807, 2.05) is 0 Å². The predicted molar refractivity (Wildman–Crippen MR) is 159 cm³/mol. The van der Waals surface area contributed by atoms with E-state index in [4.69, 9.17) is 14.2 Å². The van der Waals surface area contributed by atoms with E-state index < -0.39 is 37.0 Å². The number of halogens is 6. The third kappa shape index (κ3) is 9.88. The summed E-state index contributed by atoms with van der Waals surface area (Å²) in [5, 5.41) is 0. The molecule has 0 aliphatic rings. The van der Waals surface area contributed by atoms with Crippen LogP contribution in [0.3, 0.4) is 0 Å². The Bertz CT molecular complexity index is 1330. The summed E-state index contributed by atoms with van der Waals surface area (Å²) in [5.41, 5.74) is 1.56. The Balaban J connectivity index is 1.55. The minimum absolute atomic E-state index is 0.217. The van der Waals surface area contributed by atoms with E-state index in [9.17, 15) is 31.1 Å². The highest BCUT2D eigenvalue weighted by molar-refractivity contribution is 5.94. The lowest BCUT2D eigenvalue weighted by molar-refractivity contribution is -0.324. The summed E-state index contributed by atoms with van der Waals surface area (Å²) in [6.07, 6.45) is 6.69. The fourth-order valence-electron chi connectivity index (χ4n) is 4.30. The van der Waals surface area contributed by atoms with Crippen LogP contribution < -0.4 is 14.2 Å². The molecule has 0 radical (unpaired) electrons. The molecule has 0 unspecified atom stereocenters. The molecule has 0 aliphatic carbocycles. The Morgan fingerprint density at radius 3 is 1.82 bits per heavy atom. The molecule has 0 spiro atoms. The zero-order valence-electron chi connectivity index (χ0n) is 25.3. The van der Waals surface area contributed by atoms with Gasteiger partial charge in [-0.25, -0.2) is 4.79 Å². The summed E-state index contributed by atoms with van der Waals surface area (Å²) in [6.45, 7) is -0.211. The minimum Gasteiger partial charge on any atom is -0.493 e. The first-order chi connectivity index (χ1) is 21.4. The highest BCUT2D eigenvalue weighted by Gasteiger charge is 2.71. The second kappa shape index (κ2) is 16.5. The lowest BCUT2D eigenvalue weighted by atomic mass is 10.1. The van der Waals surface area contributed by atoms with Crippen LogP contribution in [0.5, 0.6) is 17.2 Å². The van der Waals surface area contributed by atoms with E-state index in [1.54, 1.807) is 48.5 Å². The Hall–Kier alpha value is -3.73. The summed E-state index contributed by atoms with van der Waals surface area (Å²) in [5.74, 6) is -16.0. The second-order valence-electron chi connectivity index (χ2n) is 10.5. The summed E-state index contributed by atoms with van der Waals surface area (Å²) in [4.78, 5) is 12.9. The number of alkyl halides is 6. The first kappa shape index (κ1) is 35.7. The van der Waals surface area contributed by atoms with E-state index in [0.29, 0.717) is 29.0 Å². The first-order valence-corrected chi connectivity index (χ1v) is 14.9. The smallest absolute Gasteiger partial charge is 0.377 e. The molecule has 246 valence electrons. The second-order valence-corrected chi connectivity index (χ2v) is 10.5. The maximum absolute atomic E-state index is 14.1. The molecule has 3 aromatic carbocycles. The number of rotatable bonds is 19. The SMILES string of the molecule is CCCCCCCCOc1ccccc1C(=O)Oc1ccc(-c2ccc(OCC(F)(F)C(F)(F)C(F)(F)COCC)cc2)cc1. The average Bonchev–Trinajstić information content (AvgIpc) is 3.03. The van der Waals surface area contributed by atoms with Gasteiger partial charge in [0.1, 0.15) is 29.4 Å². The third-order valence-corrected chi connectivity index (χ3v) is 6.94. The van der Waals surface area contributed by atoms with Crippen LogP contribution >= 0.6 is 0 Å². The lowest BCUT2D eigenvalue weighted by Crippen LogP contribution is -2.58. The monoisotopic (exact) mass is 640 g/mol. The molecule has 0 saturated carbocycles. The van der Waals surface area contributed by atoms with Crippen molar-refractivity contribution in [2.75, 3.05) is 26.4 Å². The van der Waals surface area contributed by atoms with Gasteiger partial charge in [0.2, 0.25) is 0 Å². The molecular formula is C34H38F6O5. The van der Waals surface area contributed by atoms with Crippen molar-refractivity contribution in [3.8, 4) is 28.4 Å². The fourth-order valence-corrected chi connectivity index (χ4v) is 4.30. The van der Waals surface area contributed by atoms with Crippen molar-refractivity contribution in [1.29, 1.82) is 0 Å². The molecule has 5 nitrogen and oxygen atoms in total. The summed E-state index contributed by atoms with van der Waals surface area (Å²) in [6, 6.07) is 18.8. The average molecular weight is 641 g/mol. The predicted octanol–water partition coefficient (Wildman–Crippen LogP) is 9.63. The number of carbonyl (C=O) groups is 1. The van der Waals surface area contributed by atoms with Crippen LogP contribution in [0, 0.1) is 0 Å². The van der Waals surface area contributed by atoms with Gasteiger partial charge in [0, 0.05) is 6.61 Å². The molecular weight excluding hydrogens is 602 g/mol. The van der Waals surface area contributed by atoms with Crippen molar-refractivity contribution < 1.29 is 50.1 Å². The molecule has 0 aromatic heterocycles. The van der Waals surface area contributed by atoms with Crippen LogP contribution in [0.4, 0.5) is 26.3 Å². The van der Waals surface area contributed by atoms with Gasteiger partial charge in [0.25, 0.3) is 0 Å². The molecule has 0 fully saturated rings. The van der Waals surface area contributed by atoms with Crippen LogP contribution in [0.15, 0.2) is 72.8 Å². The van der Waals surface area contributed by atoms with Gasteiger partial charge in [-0.05, 0) is 60.9 Å². The van der Waals surface area contributed by atoms with Crippen molar-refractivity contribution in [2.45, 2.75) is 70.1 Å². The number of para-hydroxylation sites is 1. The van der Waals surface area contributed by atoms with Gasteiger partial charge in [0.05, 0.1) is 6.61 Å². The fraction of sp³-hybridized carbons (Fsp3) is 0.441. The standard InChI is InChI=1S/C34H38F6O5/c1-3-5-6-7-8-11-22-43-30-13-10-9-12-29(30)31(41)45-28-20-16-26(17-21-28)25-14-18-27(19-15-25)44-24-33(37,38)34(39,40)32(35,36)23-42-4-2/h9-10,12-21H,3-8,11,22-24H2,1-2H3. The highest BCUT2D eigenvalue weighted by atomic mass is 19.3. The number of ether oxygens (including phenoxy) is 4. The molecule has 0 heterocycles. The van der Waals surface area contributed by atoms with Crippen molar-refractivity contribution in [1.82, 2.24) is 0 Å². The van der Waals surface area contributed by atoms with E-state index in [1.165, 1.54) is 50.5 Å². The lowest BCUT2D eigenvalue weighted by Gasteiger charge is -2.32. The maximum Gasteiger partial charge on any atom is 0.377 e. The zero-order chi connectivity index (χ0) is 32.9. The number of hydrogen-bond donors (Lipinski definition) is 0. The van der Waals surface area contributed by atoms with Crippen molar-refractivity contribution in [3.63, 3.8) is 0 Å². The van der Waals surface area contributed by atoms with E-state index >= 15 is 0 Å². The van der Waals surface area contributed by atoms with Crippen LogP contribution in [0.25, 0.3) is 11.1 Å². The number of hydrogen-bond acceptors (Lipinski definition) is 5. The van der Waals surface area contributed by atoms with Gasteiger partial charge < -0.3 is 18.9 Å². The molecule has 0 N–H and O–H groups in total. The topological polar surface area (TPSA) is 54.0 Å². The van der Waals surface area contributed by atoms with Gasteiger partial charge in [0.15, 0.2) is 6.61 Å². The quantitative estimate of drug-likeness (QED) is 0.0565. The Morgan fingerprint density at radius 2 is 1.20 bits per heavy atom. The zero-order valence-corrected chi connectivity index (χ0v) is 25.3. The normalized spacial score (nSPS) is 12.2. The Labute approximate surface area is 259 Å². The molecule has 0 aliphatic heterocycles. The van der Waals surface area contributed by atoms with Crippen LogP contribution in [-0.2, 0) is 4.74 Å². The molecule has 3 rings (SSSR count). The molecule has 0 amide bonds. The maximum atomic E-state index is 14.1. The van der Waals surface area contributed by atoms with Crippen LogP contribution in [-0.4, -0.2) is 50.2 Å². The summed E-state index contributed by atoms with van der Waals surface area (Å²) in [7, 11) is 0. The van der Waals surface area contributed by atoms with E-state index in [0.717, 1.165) is 19.3 Å². The number of benzene rings is 3. The van der Waals surface area contributed by atoms with E-state index in [-0.39, 0.29) is 18.1 Å². The molecule has 3 aromatic rings. The number of unbranched alkanes of at least 4 members (excludes halogenated alkanes) is 5. The van der Waals surface area contributed by atoms with Crippen LogP contribution in [0.1, 0.15) is 62.7 Å². The Kier molecular flexibility index (Phi) is 13.1. The van der Waals surface area contributed by atoms with Crippen molar-refractivity contribution in [3.05, 3.63) is 78.4 Å². The number of carbonyl (C=O) groups excluding carboxylic acids is 1. The van der Waals surface area contributed by atoms with Gasteiger partial charge in [-0.15, -0.1) is 0 Å². The van der Waals surface area contributed by atoms with Gasteiger partial charge >= 0.3 is 23.7 Å². The summed E-state index contributed by atoms with van der Waals surface area (Å²) < 4.78 is 104. The van der Waals surface area contributed by atoms with Crippen LogP contribution in [0.2, 0.25) is 0 Å². The largest absolute Gasteiger partial charge is 0.493 e. The molecule has 0 saturated heterocycles. The van der Waals surface area contributed by atoms with Gasteiger partial charge in [-0.1, -0.05) is 75.4 Å². The summed E-state index contributed by atoms with van der Waals surface area (Å²) >= 11 is 0. The van der Waals surface area contributed by atoms with Crippen molar-refractivity contribution >= 4 is 5.97 Å². The van der Waals surface area contributed by atoms with Crippen molar-refractivity contribution in [2.24, 2.45) is 0 Å².